The molecule has 2 aliphatic heterocycles. The Morgan fingerprint density at radius 2 is 1.85 bits per heavy atom. The lowest BCUT2D eigenvalue weighted by Crippen LogP contribution is -2.58. The van der Waals surface area contributed by atoms with Gasteiger partial charge >= 0.3 is 0 Å². The van der Waals surface area contributed by atoms with Gasteiger partial charge in [-0.3, -0.25) is 14.4 Å². The number of fused-ring (bicyclic) bond motifs is 2. The maximum absolute atomic E-state index is 13.6. The molecule has 3 aliphatic rings. The largest absolute Gasteiger partial charge is 0.393 e. The zero-order chi connectivity index (χ0) is 23.5. The van der Waals surface area contributed by atoms with Gasteiger partial charge in [-0.05, 0) is 76.5 Å². The Kier molecular flexibility index (Phi) is 7.34. The lowest BCUT2D eigenvalue weighted by Gasteiger charge is -2.37. The first-order valence-electron chi connectivity index (χ1n) is 12.2. The van der Waals surface area contributed by atoms with Crippen molar-refractivity contribution in [1.29, 1.82) is 0 Å². The smallest absolute Gasteiger partial charge is 0.246 e. The number of hydrogen-bond acceptors (Lipinski definition) is 5. The van der Waals surface area contributed by atoms with Gasteiger partial charge in [0.15, 0.2) is 0 Å². The lowest BCUT2D eigenvalue weighted by atomic mass is 9.87. The molecule has 0 bridgehead atoms. The van der Waals surface area contributed by atoms with Crippen molar-refractivity contribution >= 4 is 17.7 Å². The second-order valence-electron chi connectivity index (χ2n) is 9.68. The Morgan fingerprint density at radius 3 is 2.64 bits per heavy atom. The van der Waals surface area contributed by atoms with E-state index in [0.29, 0.717) is 32.1 Å². The zero-order valence-electron chi connectivity index (χ0n) is 19.5. The van der Waals surface area contributed by atoms with Crippen molar-refractivity contribution in [2.45, 2.75) is 94.6 Å². The average molecular weight is 457 g/mol. The molecular weight excluding hydrogens is 420 g/mol. The monoisotopic (exact) mass is 456 g/mol. The van der Waals surface area contributed by atoms with Gasteiger partial charge in [0.1, 0.15) is 12.1 Å². The van der Waals surface area contributed by atoms with Crippen LogP contribution in [0.4, 0.5) is 0 Å². The first kappa shape index (κ1) is 23.7. The molecule has 2 heterocycles. The number of hydrogen-bond donors (Lipinski definition) is 4. The number of benzene rings is 1. The quantitative estimate of drug-likeness (QED) is 0.532. The van der Waals surface area contributed by atoms with Crippen LogP contribution in [-0.2, 0) is 20.8 Å². The Labute approximate surface area is 195 Å². The van der Waals surface area contributed by atoms with Crippen LogP contribution in [0.1, 0.15) is 69.0 Å². The Balaban J connectivity index is 1.52. The molecule has 0 spiro atoms. The SMILES string of the molecule is CN[C@@H](C)C(=O)N[C@H]1CCC(O)C[C@H]2CC[C@@H](C(=O)N[C@@H]3CCCc4ccccc43)N2C1=O. The average Bonchev–Trinajstić information content (AvgIpc) is 3.23. The highest BCUT2D eigenvalue weighted by molar-refractivity contribution is 5.93. The summed E-state index contributed by atoms with van der Waals surface area (Å²) < 4.78 is 0. The fourth-order valence-corrected chi connectivity index (χ4v) is 5.53. The molecule has 180 valence electrons. The molecule has 4 N–H and O–H groups in total. The summed E-state index contributed by atoms with van der Waals surface area (Å²) in [5, 5.41) is 19.4. The van der Waals surface area contributed by atoms with Gasteiger partial charge in [0.2, 0.25) is 17.7 Å². The summed E-state index contributed by atoms with van der Waals surface area (Å²) in [6.45, 7) is 1.73. The number of carbonyl (C=O) groups excluding carboxylic acids is 3. The van der Waals surface area contributed by atoms with Gasteiger partial charge in [-0.25, -0.2) is 0 Å². The molecule has 1 aliphatic carbocycles. The highest BCUT2D eigenvalue weighted by Crippen LogP contribution is 2.34. The Bertz CT molecular complexity index is 891. The van der Waals surface area contributed by atoms with Crippen molar-refractivity contribution in [2.75, 3.05) is 7.05 Å². The summed E-state index contributed by atoms with van der Waals surface area (Å²) in [5.41, 5.74) is 2.43. The van der Waals surface area contributed by atoms with E-state index < -0.39 is 24.2 Å². The molecule has 1 aromatic carbocycles. The first-order valence-corrected chi connectivity index (χ1v) is 12.2. The maximum Gasteiger partial charge on any atom is 0.246 e. The van der Waals surface area contributed by atoms with E-state index in [4.69, 9.17) is 0 Å². The number of nitrogens with one attached hydrogen (secondary N) is 3. The summed E-state index contributed by atoms with van der Waals surface area (Å²) in [4.78, 5) is 41.1. The predicted molar refractivity (Wildman–Crippen MR) is 124 cm³/mol. The van der Waals surface area contributed by atoms with Crippen LogP contribution in [0.25, 0.3) is 0 Å². The van der Waals surface area contributed by atoms with Crippen LogP contribution in [0, 0.1) is 0 Å². The van der Waals surface area contributed by atoms with Gasteiger partial charge in [0, 0.05) is 6.04 Å². The molecule has 2 saturated heterocycles. The third-order valence-electron chi connectivity index (χ3n) is 7.52. The fraction of sp³-hybridized carbons (Fsp3) is 0.640. The van der Waals surface area contributed by atoms with Crippen LogP contribution in [0.2, 0.25) is 0 Å². The standard InChI is InChI=1S/C25H36N4O4/c1-15(26-2)23(31)28-21-12-11-18(30)14-17-10-13-22(29(17)25(21)33)24(32)27-20-9-5-7-16-6-3-4-8-19(16)20/h3-4,6,8,15,17-18,20-22,26,30H,5,7,9-14H2,1-2H3,(H,27,32)(H,28,31)/t15-,17+,18?,20+,21-,22-/m0/s1. The molecule has 1 aromatic rings. The van der Waals surface area contributed by atoms with Crippen LogP contribution in [-0.4, -0.2) is 65.0 Å². The number of aryl methyl sites for hydroxylation is 1. The normalized spacial score (nSPS) is 30.5. The topological polar surface area (TPSA) is 111 Å². The van der Waals surface area contributed by atoms with E-state index in [1.165, 1.54) is 5.56 Å². The minimum Gasteiger partial charge on any atom is -0.393 e. The highest BCUT2D eigenvalue weighted by Gasteiger charge is 2.45. The molecule has 6 atom stereocenters. The maximum atomic E-state index is 13.6. The van der Waals surface area contributed by atoms with Crippen LogP contribution in [0.5, 0.6) is 0 Å². The molecule has 8 heteroatoms. The van der Waals surface area contributed by atoms with Crippen molar-refractivity contribution in [1.82, 2.24) is 20.9 Å². The van der Waals surface area contributed by atoms with Crippen molar-refractivity contribution in [3.8, 4) is 0 Å². The van der Waals surface area contributed by atoms with E-state index in [1.807, 2.05) is 12.1 Å². The van der Waals surface area contributed by atoms with Crippen LogP contribution >= 0.6 is 0 Å². The second-order valence-corrected chi connectivity index (χ2v) is 9.68. The number of amides is 3. The molecule has 33 heavy (non-hydrogen) atoms. The summed E-state index contributed by atoms with van der Waals surface area (Å²) in [6.07, 6.45) is 4.87. The molecule has 0 aromatic heterocycles. The number of carbonyl (C=O) groups is 3. The van der Waals surface area contributed by atoms with Crippen molar-refractivity contribution < 1.29 is 19.5 Å². The summed E-state index contributed by atoms with van der Waals surface area (Å²) in [5.74, 6) is -0.622. The third-order valence-corrected chi connectivity index (χ3v) is 7.52. The van der Waals surface area contributed by atoms with Crippen molar-refractivity contribution in [3.05, 3.63) is 35.4 Å². The number of nitrogens with zero attached hydrogens (tertiary/aromatic N) is 1. The minimum absolute atomic E-state index is 0.0519. The Hall–Kier alpha value is -2.45. The summed E-state index contributed by atoms with van der Waals surface area (Å²) >= 11 is 0. The van der Waals surface area contributed by atoms with Gasteiger partial charge in [-0.2, -0.15) is 0 Å². The van der Waals surface area contributed by atoms with E-state index in [2.05, 4.69) is 28.1 Å². The highest BCUT2D eigenvalue weighted by atomic mass is 16.3. The number of aliphatic hydroxyl groups is 1. The van der Waals surface area contributed by atoms with Crippen molar-refractivity contribution in [3.63, 3.8) is 0 Å². The molecule has 4 rings (SSSR count). The van der Waals surface area contributed by atoms with E-state index in [9.17, 15) is 19.5 Å². The molecular formula is C25H36N4O4. The van der Waals surface area contributed by atoms with Crippen LogP contribution in [0.3, 0.4) is 0 Å². The van der Waals surface area contributed by atoms with E-state index in [0.717, 1.165) is 24.8 Å². The van der Waals surface area contributed by atoms with Gasteiger partial charge in [0.05, 0.1) is 18.2 Å². The second kappa shape index (κ2) is 10.2. The van der Waals surface area contributed by atoms with Gasteiger partial charge in [-0.1, -0.05) is 24.3 Å². The Morgan fingerprint density at radius 1 is 1.06 bits per heavy atom. The van der Waals surface area contributed by atoms with Crippen LogP contribution in [0.15, 0.2) is 24.3 Å². The first-order chi connectivity index (χ1) is 15.9. The number of likely N-dealkylation sites (N-methyl/N-ethyl adjacent to an activating group) is 1. The van der Waals surface area contributed by atoms with E-state index in [-0.39, 0.29) is 29.8 Å². The number of rotatable bonds is 5. The van der Waals surface area contributed by atoms with Gasteiger partial charge in [-0.15, -0.1) is 0 Å². The molecule has 0 radical (unpaired) electrons. The molecule has 8 nitrogen and oxygen atoms in total. The van der Waals surface area contributed by atoms with Gasteiger partial charge < -0.3 is 26.0 Å². The number of aliphatic hydroxyl groups excluding tert-OH is 1. The summed E-state index contributed by atoms with van der Waals surface area (Å²) in [6, 6.07) is 6.21. The van der Waals surface area contributed by atoms with Gasteiger partial charge in [0.25, 0.3) is 0 Å². The molecule has 2 fully saturated rings. The van der Waals surface area contributed by atoms with Crippen LogP contribution < -0.4 is 16.0 Å². The molecule has 1 unspecified atom stereocenters. The minimum atomic E-state index is -0.741. The van der Waals surface area contributed by atoms with Crippen molar-refractivity contribution in [2.24, 2.45) is 0 Å². The lowest BCUT2D eigenvalue weighted by molar-refractivity contribution is -0.145. The fourth-order valence-electron chi connectivity index (χ4n) is 5.53. The van der Waals surface area contributed by atoms with E-state index >= 15 is 0 Å². The van der Waals surface area contributed by atoms with E-state index in [1.54, 1.807) is 18.9 Å². The molecule has 3 amide bonds. The predicted octanol–water partition coefficient (Wildman–Crippen LogP) is 1.18. The summed E-state index contributed by atoms with van der Waals surface area (Å²) in [7, 11) is 1.69. The third kappa shape index (κ3) is 5.06. The molecule has 0 saturated carbocycles. The zero-order valence-corrected chi connectivity index (χ0v) is 19.5.